The van der Waals surface area contributed by atoms with Gasteiger partial charge in [-0.25, -0.2) is 9.48 Å². The molecule has 0 saturated carbocycles. The van der Waals surface area contributed by atoms with Crippen LogP contribution in [0.4, 0.5) is 5.69 Å². The number of rotatable bonds is 4. The number of hydrogen-bond donors (Lipinski definition) is 2. The smallest absolute Gasteiger partial charge is 0.357 e. The highest BCUT2D eigenvalue weighted by molar-refractivity contribution is 6.01. The van der Waals surface area contributed by atoms with Crippen molar-refractivity contribution in [3.8, 4) is 6.07 Å². The zero-order valence-electron chi connectivity index (χ0n) is 13.3. The number of aromatic carboxylic acids is 1. The van der Waals surface area contributed by atoms with Crippen LogP contribution in [0.1, 0.15) is 16.1 Å². The predicted octanol–water partition coefficient (Wildman–Crippen LogP) is 1.61. The Morgan fingerprint density at radius 2 is 1.77 bits per heavy atom. The molecule has 0 spiro atoms. The molecule has 0 fully saturated rings. The minimum atomic E-state index is -1.29. The Labute approximate surface area is 146 Å². The van der Waals surface area contributed by atoms with Crippen LogP contribution in [0.5, 0.6) is 0 Å². The van der Waals surface area contributed by atoms with Crippen LogP contribution >= 0.6 is 0 Å². The third-order valence-electron chi connectivity index (χ3n) is 3.66. The van der Waals surface area contributed by atoms with Gasteiger partial charge in [-0.2, -0.15) is 10.4 Å². The number of fused-ring (bicyclic) bond motifs is 1. The van der Waals surface area contributed by atoms with Crippen molar-refractivity contribution < 1.29 is 14.7 Å². The lowest BCUT2D eigenvalue weighted by Gasteiger charge is -2.09. The summed E-state index contributed by atoms with van der Waals surface area (Å²) in [5.74, 6) is -1.83. The molecule has 0 aliphatic carbocycles. The molecule has 0 atom stereocenters. The van der Waals surface area contributed by atoms with E-state index in [1.807, 2.05) is 6.07 Å². The number of amides is 1. The first-order valence-corrected chi connectivity index (χ1v) is 7.53. The van der Waals surface area contributed by atoms with Crippen LogP contribution in [0, 0.1) is 11.3 Å². The number of nitriles is 1. The third kappa shape index (κ3) is 3.27. The van der Waals surface area contributed by atoms with Crippen LogP contribution < -0.4 is 10.9 Å². The van der Waals surface area contributed by atoms with E-state index >= 15 is 0 Å². The summed E-state index contributed by atoms with van der Waals surface area (Å²) in [5, 5.41) is 24.8. The molecular weight excluding hydrogens is 336 g/mol. The van der Waals surface area contributed by atoms with Gasteiger partial charge in [0.2, 0.25) is 5.91 Å². The fourth-order valence-electron chi connectivity index (χ4n) is 2.46. The lowest BCUT2D eigenvalue weighted by molar-refractivity contribution is -0.117. The number of benzene rings is 2. The van der Waals surface area contributed by atoms with E-state index in [2.05, 4.69) is 10.4 Å². The van der Waals surface area contributed by atoms with Gasteiger partial charge in [-0.05, 0) is 30.3 Å². The standard InChI is InChI=1S/C18H12N4O4/c19-9-11-5-7-12(8-6-11)20-15(23)10-22-17(24)14-4-2-1-3-13(14)16(21-22)18(25)26/h1-8H,10H2,(H,20,23)(H,25,26). The lowest BCUT2D eigenvalue weighted by atomic mass is 10.1. The van der Waals surface area contributed by atoms with Gasteiger partial charge in [0.1, 0.15) is 6.54 Å². The second-order valence-corrected chi connectivity index (χ2v) is 5.40. The first-order valence-electron chi connectivity index (χ1n) is 7.53. The van der Waals surface area contributed by atoms with Crippen molar-refractivity contribution >= 4 is 28.3 Å². The number of anilines is 1. The van der Waals surface area contributed by atoms with Crippen LogP contribution in [-0.2, 0) is 11.3 Å². The number of carboxylic acids is 1. The molecule has 3 aromatic rings. The number of nitrogens with zero attached hydrogens (tertiary/aromatic N) is 3. The van der Waals surface area contributed by atoms with Crippen molar-refractivity contribution in [2.24, 2.45) is 0 Å². The normalized spacial score (nSPS) is 10.3. The Bertz CT molecular complexity index is 1110. The molecule has 1 aromatic heterocycles. The van der Waals surface area contributed by atoms with Crippen LogP contribution in [0.3, 0.4) is 0 Å². The van der Waals surface area contributed by atoms with Gasteiger partial charge in [-0.15, -0.1) is 0 Å². The molecule has 0 aliphatic heterocycles. The summed E-state index contributed by atoms with van der Waals surface area (Å²) in [6.45, 7) is -0.441. The minimum absolute atomic E-state index is 0.172. The fourth-order valence-corrected chi connectivity index (χ4v) is 2.46. The second kappa shape index (κ2) is 6.86. The van der Waals surface area contributed by atoms with E-state index in [0.717, 1.165) is 4.68 Å². The lowest BCUT2D eigenvalue weighted by Crippen LogP contribution is -2.31. The van der Waals surface area contributed by atoms with Crippen LogP contribution in [0.2, 0.25) is 0 Å². The maximum Gasteiger partial charge on any atom is 0.357 e. The maximum absolute atomic E-state index is 12.5. The Morgan fingerprint density at radius 1 is 1.12 bits per heavy atom. The molecule has 26 heavy (non-hydrogen) atoms. The Balaban J connectivity index is 1.91. The number of carboxylic acid groups (broad SMARTS) is 1. The van der Waals surface area contributed by atoms with Crippen LogP contribution in [-0.4, -0.2) is 26.8 Å². The number of carbonyl (C=O) groups is 2. The van der Waals surface area contributed by atoms with E-state index in [0.29, 0.717) is 11.3 Å². The topological polar surface area (TPSA) is 125 Å². The van der Waals surface area contributed by atoms with Gasteiger partial charge in [-0.1, -0.05) is 18.2 Å². The molecule has 3 rings (SSSR count). The van der Waals surface area contributed by atoms with Gasteiger partial charge < -0.3 is 10.4 Å². The highest BCUT2D eigenvalue weighted by Gasteiger charge is 2.17. The van der Waals surface area contributed by atoms with E-state index in [1.54, 1.807) is 36.4 Å². The zero-order chi connectivity index (χ0) is 18.7. The van der Waals surface area contributed by atoms with E-state index in [-0.39, 0.29) is 16.5 Å². The van der Waals surface area contributed by atoms with Crippen molar-refractivity contribution in [1.29, 1.82) is 5.26 Å². The maximum atomic E-state index is 12.5. The summed E-state index contributed by atoms with van der Waals surface area (Å²) < 4.78 is 0.824. The van der Waals surface area contributed by atoms with Gasteiger partial charge in [-0.3, -0.25) is 9.59 Å². The molecule has 0 saturated heterocycles. The van der Waals surface area contributed by atoms with Crippen molar-refractivity contribution in [2.75, 3.05) is 5.32 Å². The zero-order valence-corrected chi connectivity index (χ0v) is 13.3. The number of aromatic nitrogens is 2. The molecule has 0 aliphatic rings. The quantitative estimate of drug-likeness (QED) is 0.738. The molecule has 8 nitrogen and oxygen atoms in total. The van der Waals surface area contributed by atoms with Crippen molar-refractivity contribution in [3.05, 3.63) is 70.1 Å². The minimum Gasteiger partial charge on any atom is -0.476 e. The summed E-state index contributed by atoms with van der Waals surface area (Å²) >= 11 is 0. The van der Waals surface area contributed by atoms with Gasteiger partial charge in [0.05, 0.1) is 17.0 Å². The summed E-state index contributed by atoms with van der Waals surface area (Å²) in [5.41, 5.74) is 0.0368. The molecule has 0 unspecified atom stereocenters. The highest BCUT2D eigenvalue weighted by Crippen LogP contribution is 2.13. The van der Waals surface area contributed by atoms with Gasteiger partial charge >= 0.3 is 5.97 Å². The fraction of sp³-hybridized carbons (Fsp3) is 0.0556. The van der Waals surface area contributed by atoms with Crippen molar-refractivity contribution in [2.45, 2.75) is 6.54 Å². The first-order chi connectivity index (χ1) is 12.5. The van der Waals surface area contributed by atoms with Crippen molar-refractivity contribution in [3.63, 3.8) is 0 Å². The monoisotopic (exact) mass is 348 g/mol. The van der Waals surface area contributed by atoms with Crippen molar-refractivity contribution in [1.82, 2.24) is 9.78 Å². The highest BCUT2D eigenvalue weighted by atomic mass is 16.4. The van der Waals surface area contributed by atoms with E-state index < -0.39 is 24.0 Å². The molecule has 1 heterocycles. The Morgan fingerprint density at radius 3 is 2.38 bits per heavy atom. The Kier molecular flexibility index (Phi) is 4.45. The first kappa shape index (κ1) is 16.9. The molecule has 128 valence electrons. The molecular formula is C18H12N4O4. The second-order valence-electron chi connectivity index (χ2n) is 5.40. The van der Waals surface area contributed by atoms with Gasteiger partial charge in [0, 0.05) is 11.1 Å². The van der Waals surface area contributed by atoms with Crippen LogP contribution in [0.15, 0.2) is 53.3 Å². The molecule has 0 bridgehead atoms. The SMILES string of the molecule is N#Cc1ccc(NC(=O)Cn2nc(C(=O)O)c3ccccc3c2=O)cc1. The summed E-state index contributed by atoms with van der Waals surface area (Å²) in [7, 11) is 0. The molecule has 2 N–H and O–H groups in total. The predicted molar refractivity (Wildman–Crippen MR) is 92.7 cm³/mol. The summed E-state index contributed by atoms with van der Waals surface area (Å²) in [6, 6.07) is 14.3. The summed E-state index contributed by atoms with van der Waals surface area (Å²) in [4.78, 5) is 36.1. The van der Waals surface area contributed by atoms with E-state index in [4.69, 9.17) is 5.26 Å². The molecule has 1 amide bonds. The third-order valence-corrected chi connectivity index (χ3v) is 3.66. The van der Waals surface area contributed by atoms with Gasteiger partial charge in [0.25, 0.3) is 5.56 Å². The Hall–Kier alpha value is -3.99. The van der Waals surface area contributed by atoms with E-state index in [9.17, 15) is 19.5 Å². The number of hydrogen-bond acceptors (Lipinski definition) is 5. The van der Waals surface area contributed by atoms with Gasteiger partial charge in [0.15, 0.2) is 5.69 Å². The average Bonchev–Trinajstić information content (AvgIpc) is 2.64. The molecule has 8 heteroatoms. The largest absolute Gasteiger partial charge is 0.476 e. The average molecular weight is 348 g/mol. The molecule has 2 aromatic carbocycles. The number of nitrogens with one attached hydrogen (secondary N) is 1. The van der Waals surface area contributed by atoms with Crippen LogP contribution in [0.25, 0.3) is 10.8 Å². The summed E-state index contributed by atoms with van der Waals surface area (Å²) in [6.07, 6.45) is 0. The number of carbonyl (C=O) groups excluding carboxylic acids is 1. The molecule has 0 radical (unpaired) electrons. The van der Waals surface area contributed by atoms with E-state index in [1.165, 1.54) is 12.1 Å².